The first-order valence-electron chi connectivity index (χ1n) is 8.89. The van der Waals surface area contributed by atoms with E-state index in [4.69, 9.17) is 9.47 Å². The van der Waals surface area contributed by atoms with Gasteiger partial charge in [0.25, 0.3) is 0 Å². The normalized spacial score (nSPS) is 20.1. The average molecular weight is 339 g/mol. The van der Waals surface area contributed by atoms with Gasteiger partial charge in [0, 0.05) is 6.42 Å². The molecule has 1 saturated heterocycles. The Labute approximate surface area is 146 Å². The van der Waals surface area contributed by atoms with E-state index in [0.717, 1.165) is 19.3 Å². The van der Waals surface area contributed by atoms with Crippen LogP contribution in [0.15, 0.2) is 11.6 Å². The fourth-order valence-electron chi connectivity index (χ4n) is 2.80. The summed E-state index contributed by atoms with van der Waals surface area (Å²) in [6.07, 6.45) is 5.42. The summed E-state index contributed by atoms with van der Waals surface area (Å²) in [6.45, 7) is 11.8. The zero-order valence-corrected chi connectivity index (χ0v) is 16.0. The first kappa shape index (κ1) is 20.5. The summed E-state index contributed by atoms with van der Waals surface area (Å²) in [5.74, 6) is 0.230. The van der Waals surface area contributed by atoms with Gasteiger partial charge in [-0.05, 0) is 66.2 Å². The van der Waals surface area contributed by atoms with E-state index in [2.05, 4.69) is 32.2 Å². The molecule has 1 aliphatic heterocycles. The number of esters is 1. The third-order valence-electron chi connectivity index (χ3n) is 3.94. The second kappa shape index (κ2) is 9.09. The summed E-state index contributed by atoms with van der Waals surface area (Å²) in [5.41, 5.74) is 0.770. The van der Waals surface area contributed by atoms with Crippen molar-refractivity contribution in [3.8, 4) is 0 Å². The quantitative estimate of drug-likeness (QED) is 0.553. The van der Waals surface area contributed by atoms with Gasteiger partial charge in [-0.15, -0.1) is 0 Å². The zero-order chi connectivity index (χ0) is 18.3. The molecular formula is C19H33NO4. The van der Waals surface area contributed by atoms with Crippen LogP contribution in [0.1, 0.15) is 73.6 Å². The van der Waals surface area contributed by atoms with Crippen LogP contribution in [0.2, 0.25) is 0 Å². The van der Waals surface area contributed by atoms with Gasteiger partial charge in [-0.2, -0.15) is 0 Å². The van der Waals surface area contributed by atoms with Crippen LogP contribution in [0.5, 0.6) is 0 Å². The van der Waals surface area contributed by atoms with Crippen molar-refractivity contribution < 1.29 is 19.1 Å². The first-order chi connectivity index (χ1) is 11.1. The molecule has 0 bridgehead atoms. The Morgan fingerprint density at radius 1 is 1.42 bits per heavy atom. The topological polar surface area (TPSA) is 64.6 Å². The summed E-state index contributed by atoms with van der Waals surface area (Å²) >= 11 is 0. The van der Waals surface area contributed by atoms with E-state index in [-0.39, 0.29) is 18.1 Å². The number of carbonyl (C=O) groups is 2. The lowest BCUT2D eigenvalue weighted by Crippen LogP contribution is -2.46. The van der Waals surface area contributed by atoms with Gasteiger partial charge in [0.1, 0.15) is 11.7 Å². The Kier molecular flexibility index (Phi) is 7.77. The van der Waals surface area contributed by atoms with Gasteiger partial charge in [0.2, 0.25) is 0 Å². The summed E-state index contributed by atoms with van der Waals surface area (Å²) < 4.78 is 10.7. The number of carbonyl (C=O) groups excluding carboxylic acids is 2. The molecule has 0 saturated carbocycles. The Morgan fingerprint density at radius 3 is 2.58 bits per heavy atom. The van der Waals surface area contributed by atoms with E-state index >= 15 is 0 Å². The molecule has 1 rings (SSSR count). The van der Waals surface area contributed by atoms with Gasteiger partial charge >= 0.3 is 12.1 Å². The summed E-state index contributed by atoms with van der Waals surface area (Å²) in [5, 5.41) is 2.91. The number of allylic oxidation sites excluding steroid dienone is 2. The Hall–Kier alpha value is -1.52. The largest absolute Gasteiger partial charge is 0.460 e. The second-order valence-corrected chi connectivity index (χ2v) is 8.02. The highest BCUT2D eigenvalue weighted by atomic mass is 16.6. The van der Waals surface area contributed by atoms with Gasteiger partial charge in [-0.3, -0.25) is 4.79 Å². The minimum absolute atomic E-state index is 0.187. The zero-order valence-electron chi connectivity index (χ0n) is 16.0. The first-order valence-corrected chi connectivity index (χ1v) is 8.89. The van der Waals surface area contributed by atoms with Crippen LogP contribution in [0.3, 0.4) is 0 Å². The third kappa shape index (κ3) is 8.37. The fraction of sp³-hybridized carbons (Fsp3) is 0.789. The molecule has 1 fully saturated rings. The van der Waals surface area contributed by atoms with E-state index in [1.54, 1.807) is 0 Å². The molecule has 24 heavy (non-hydrogen) atoms. The minimum Gasteiger partial charge on any atom is -0.460 e. The molecule has 0 aliphatic carbocycles. The standard InChI is InChI=1S/C19H33NO4/c1-13(2)8-7-9-14(3)12-15(16-10-11-17(21)23-16)20-18(22)24-19(4,5)6/h8,14-16H,7,9-12H2,1-6H3,(H,20,22)/t14?,15-,16?/m1/s1. The molecule has 2 unspecified atom stereocenters. The Morgan fingerprint density at radius 2 is 2.08 bits per heavy atom. The number of hydrogen-bond donors (Lipinski definition) is 1. The number of alkyl carbamates (subject to hydrolysis) is 1. The van der Waals surface area contributed by atoms with Crippen LogP contribution in [0.4, 0.5) is 4.79 Å². The van der Waals surface area contributed by atoms with E-state index in [1.165, 1.54) is 5.57 Å². The van der Waals surface area contributed by atoms with Gasteiger partial charge in [0.05, 0.1) is 6.04 Å². The van der Waals surface area contributed by atoms with Crippen LogP contribution in [-0.2, 0) is 14.3 Å². The van der Waals surface area contributed by atoms with Crippen molar-refractivity contribution in [2.24, 2.45) is 5.92 Å². The van der Waals surface area contributed by atoms with Gasteiger partial charge in [-0.25, -0.2) is 4.79 Å². The molecule has 1 amide bonds. The lowest BCUT2D eigenvalue weighted by molar-refractivity contribution is -0.142. The van der Waals surface area contributed by atoms with E-state index in [1.807, 2.05) is 20.8 Å². The highest BCUT2D eigenvalue weighted by molar-refractivity contribution is 5.72. The van der Waals surface area contributed by atoms with Crippen molar-refractivity contribution in [1.29, 1.82) is 0 Å². The van der Waals surface area contributed by atoms with Crippen LogP contribution < -0.4 is 5.32 Å². The van der Waals surface area contributed by atoms with Crippen molar-refractivity contribution in [3.63, 3.8) is 0 Å². The number of hydrogen-bond acceptors (Lipinski definition) is 4. The molecule has 1 heterocycles. The summed E-state index contributed by atoms with van der Waals surface area (Å²) in [4.78, 5) is 23.5. The highest BCUT2D eigenvalue weighted by Gasteiger charge is 2.33. The van der Waals surface area contributed by atoms with Crippen molar-refractivity contribution in [3.05, 3.63) is 11.6 Å². The summed E-state index contributed by atoms with van der Waals surface area (Å²) in [7, 11) is 0. The third-order valence-corrected chi connectivity index (χ3v) is 3.94. The van der Waals surface area contributed by atoms with Gasteiger partial charge in [-0.1, -0.05) is 18.6 Å². The number of cyclic esters (lactones) is 1. The molecule has 5 heteroatoms. The molecule has 0 radical (unpaired) electrons. The minimum atomic E-state index is -0.546. The SMILES string of the molecule is CC(C)=CCCC(C)C[C@@H](NC(=O)OC(C)(C)C)C1CCC(=O)O1. The van der Waals surface area contributed by atoms with Gasteiger partial charge in [0.15, 0.2) is 0 Å². The van der Waals surface area contributed by atoms with Crippen molar-refractivity contribution in [1.82, 2.24) is 5.32 Å². The van der Waals surface area contributed by atoms with Crippen LogP contribution >= 0.6 is 0 Å². The number of ether oxygens (including phenoxy) is 2. The molecule has 0 aromatic rings. The molecule has 3 atom stereocenters. The monoisotopic (exact) mass is 339 g/mol. The molecule has 0 aromatic carbocycles. The molecule has 0 spiro atoms. The lowest BCUT2D eigenvalue weighted by Gasteiger charge is -2.28. The maximum Gasteiger partial charge on any atom is 0.408 e. The molecule has 0 aromatic heterocycles. The van der Waals surface area contributed by atoms with Crippen LogP contribution in [0, 0.1) is 5.92 Å². The Balaban J connectivity index is 2.62. The number of nitrogens with one attached hydrogen (secondary N) is 1. The van der Waals surface area contributed by atoms with E-state index in [0.29, 0.717) is 18.8 Å². The number of rotatable bonds is 7. The summed E-state index contributed by atoms with van der Waals surface area (Å²) in [6, 6.07) is -0.201. The second-order valence-electron chi connectivity index (χ2n) is 8.02. The lowest BCUT2D eigenvalue weighted by atomic mass is 9.93. The smallest absolute Gasteiger partial charge is 0.408 e. The highest BCUT2D eigenvalue weighted by Crippen LogP contribution is 2.24. The van der Waals surface area contributed by atoms with Crippen LogP contribution in [-0.4, -0.2) is 29.8 Å². The molecular weight excluding hydrogens is 306 g/mol. The van der Waals surface area contributed by atoms with Crippen LogP contribution in [0.25, 0.3) is 0 Å². The molecule has 138 valence electrons. The molecule has 5 nitrogen and oxygen atoms in total. The van der Waals surface area contributed by atoms with E-state index in [9.17, 15) is 9.59 Å². The average Bonchev–Trinajstić information content (AvgIpc) is 2.82. The van der Waals surface area contributed by atoms with E-state index < -0.39 is 11.7 Å². The predicted octanol–water partition coefficient (Wildman–Crippen LogP) is 4.36. The molecule has 1 aliphatic rings. The Bertz CT molecular complexity index is 460. The van der Waals surface area contributed by atoms with Crippen molar-refractivity contribution in [2.45, 2.75) is 91.4 Å². The number of amides is 1. The van der Waals surface area contributed by atoms with Gasteiger partial charge < -0.3 is 14.8 Å². The molecule has 1 N–H and O–H groups in total. The van der Waals surface area contributed by atoms with Crippen molar-refractivity contribution in [2.75, 3.05) is 0 Å². The van der Waals surface area contributed by atoms with Crippen molar-refractivity contribution >= 4 is 12.1 Å². The maximum absolute atomic E-state index is 12.1. The maximum atomic E-state index is 12.1. The fourth-order valence-corrected chi connectivity index (χ4v) is 2.80. The predicted molar refractivity (Wildman–Crippen MR) is 94.7 cm³/mol.